The van der Waals surface area contributed by atoms with E-state index in [-0.39, 0.29) is 0 Å². The maximum absolute atomic E-state index is 12.0. The van der Waals surface area contributed by atoms with Crippen LogP contribution in [-0.4, -0.2) is 37.8 Å². The van der Waals surface area contributed by atoms with Crippen molar-refractivity contribution < 1.29 is 9.53 Å². The number of amides is 1. The van der Waals surface area contributed by atoms with Gasteiger partial charge in [0.2, 0.25) is 0 Å². The molecule has 5 nitrogen and oxygen atoms in total. The van der Waals surface area contributed by atoms with Crippen LogP contribution in [0.25, 0.3) is 0 Å². The first-order valence-electron chi connectivity index (χ1n) is 8.14. The van der Waals surface area contributed by atoms with Gasteiger partial charge in [-0.1, -0.05) is 18.2 Å². The molecule has 2 aromatic rings. The second-order valence-corrected chi connectivity index (χ2v) is 6.14. The summed E-state index contributed by atoms with van der Waals surface area (Å²) in [7, 11) is 4.21. The van der Waals surface area contributed by atoms with Crippen LogP contribution in [0.3, 0.4) is 0 Å². The van der Waals surface area contributed by atoms with Crippen LogP contribution in [0.2, 0.25) is 0 Å². The Labute approximate surface area is 142 Å². The fourth-order valence-corrected chi connectivity index (χ4v) is 2.92. The third-order valence-electron chi connectivity index (χ3n) is 4.59. The van der Waals surface area contributed by atoms with E-state index in [4.69, 9.17) is 4.74 Å². The van der Waals surface area contributed by atoms with Crippen LogP contribution in [0.4, 0.5) is 16.2 Å². The average Bonchev–Trinajstić information content (AvgIpc) is 2.68. The predicted molar refractivity (Wildman–Crippen MR) is 96.7 cm³/mol. The Morgan fingerprint density at radius 2 is 1.92 bits per heavy atom. The summed E-state index contributed by atoms with van der Waals surface area (Å²) in [4.78, 5) is 16.6. The van der Waals surface area contributed by atoms with E-state index in [0.717, 1.165) is 13.0 Å². The Morgan fingerprint density at radius 3 is 2.67 bits per heavy atom. The monoisotopic (exact) mass is 325 g/mol. The van der Waals surface area contributed by atoms with Crippen molar-refractivity contribution >= 4 is 17.5 Å². The molecule has 1 N–H and O–H groups in total. The summed E-state index contributed by atoms with van der Waals surface area (Å²) in [6, 6.07) is 15.1. The molecule has 126 valence electrons. The van der Waals surface area contributed by atoms with E-state index in [1.54, 1.807) is 0 Å². The summed E-state index contributed by atoms with van der Waals surface area (Å²) in [6.07, 6.45) is 0.783. The lowest BCUT2D eigenvalue weighted by Gasteiger charge is -2.31. The molecule has 1 aliphatic heterocycles. The van der Waals surface area contributed by atoms with E-state index in [0.29, 0.717) is 17.6 Å². The molecule has 0 spiro atoms. The Balaban J connectivity index is 1.73. The third-order valence-corrected chi connectivity index (χ3v) is 4.59. The number of benzene rings is 2. The number of nitrogens with one attached hydrogen (secondary N) is 1. The molecule has 2 aromatic carbocycles. The Kier molecular flexibility index (Phi) is 4.71. The minimum absolute atomic E-state index is 0.333. The second-order valence-electron chi connectivity index (χ2n) is 6.14. The molecule has 1 amide bonds. The van der Waals surface area contributed by atoms with Crippen LogP contribution in [0.15, 0.2) is 48.5 Å². The Morgan fingerprint density at radius 1 is 1.17 bits per heavy atom. The van der Waals surface area contributed by atoms with E-state index in [1.165, 1.54) is 11.3 Å². The third kappa shape index (κ3) is 3.51. The van der Waals surface area contributed by atoms with Gasteiger partial charge in [0.1, 0.15) is 5.75 Å². The summed E-state index contributed by atoms with van der Waals surface area (Å²) in [5.74, 6) is 0.563. The molecule has 1 unspecified atom stereocenters. The zero-order chi connectivity index (χ0) is 17.1. The highest BCUT2D eigenvalue weighted by Crippen LogP contribution is 2.29. The van der Waals surface area contributed by atoms with Gasteiger partial charge in [-0.05, 0) is 56.3 Å². The largest absolute Gasteiger partial charge is 0.417 e. The molecule has 0 bridgehead atoms. The zero-order valence-corrected chi connectivity index (χ0v) is 14.3. The quantitative estimate of drug-likeness (QED) is 0.917. The molecule has 3 rings (SSSR count). The molecule has 1 atom stereocenters. The lowest BCUT2D eigenvalue weighted by molar-refractivity contribution is 0.215. The molecular weight excluding hydrogens is 302 g/mol. The van der Waals surface area contributed by atoms with Crippen molar-refractivity contribution in [2.45, 2.75) is 19.5 Å². The molecule has 1 aliphatic rings. The van der Waals surface area contributed by atoms with Crippen LogP contribution < -0.4 is 15.0 Å². The van der Waals surface area contributed by atoms with Crippen LogP contribution in [0.1, 0.15) is 12.5 Å². The summed E-state index contributed by atoms with van der Waals surface area (Å²) in [5, 5.41) is 2.73. The number of hydrogen-bond acceptors (Lipinski definition) is 4. The van der Waals surface area contributed by atoms with Crippen molar-refractivity contribution in [3.8, 4) is 5.75 Å². The van der Waals surface area contributed by atoms with Gasteiger partial charge >= 0.3 is 6.09 Å². The maximum Gasteiger partial charge on any atom is 0.417 e. The minimum atomic E-state index is -0.478. The predicted octanol–water partition coefficient (Wildman–Crippen LogP) is 3.57. The smallest absolute Gasteiger partial charge is 0.410 e. The number of rotatable bonds is 2. The van der Waals surface area contributed by atoms with Crippen LogP contribution >= 0.6 is 0 Å². The van der Waals surface area contributed by atoms with Crippen LogP contribution in [0, 0.1) is 0 Å². The number of carbonyl (C=O) groups is 1. The normalized spacial score (nSPS) is 17.8. The van der Waals surface area contributed by atoms with Crippen molar-refractivity contribution in [3.63, 3.8) is 0 Å². The molecule has 0 saturated heterocycles. The highest BCUT2D eigenvalue weighted by atomic mass is 16.6. The number of fused-ring (bicyclic) bond motifs is 1. The van der Waals surface area contributed by atoms with Crippen molar-refractivity contribution in [2.75, 3.05) is 30.9 Å². The molecule has 0 saturated carbocycles. The highest BCUT2D eigenvalue weighted by Gasteiger charge is 2.22. The molecule has 0 fully saturated rings. The second kappa shape index (κ2) is 6.93. The number of ether oxygens (including phenoxy) is 1. The van der Waals surface area contributed by atoms with Crippen molar-refractivity contribution in [2.24, 2.45) is 0 Å². The number of carbonyl (C=O) groups excluding carboxylic acids is 1. The molecule has 0 aromatic heterocycles. The number of anilines is 2. The van der Waals surface area contributed by atoms with E-state index < -0.39 is 6.09 Å². The van der Waals surface area contributed by atoms with Crippen molar-refractivity contribution in [1.29, 1.82) is 0 Å². The van der Waals surface area contributed by atoms with Gasteiger partial charge in [-0.25, -0.2) is 4.79 Å². The number of nitrogens with zero attached hydrogens (tertiary/aromatic N) is 2. The SMILES string of the molecule is CC1N(C)CCc2cc(OC(=O)Nc3ccccc3)ccc2N1C. The first-order chi connectivity index (χ1) is 11.5. The summed E-state index contributed by atoms with van der Waals surface area (Å²) < 4.78 is 5.43. The van der Waals surface area contributed by atoms with E-state index >= 15 is 0 Å². The molecule has 1 heterocycles. The van der Waals surface area contributed by atoms with Crippen molar-refractivity contribution in [1.82, 2.24) is 4.90 Å². The number of likely N-dealkylation sites (N-methyl/N-ethyl adjacent to an activating group) is 1. The number of para-hydroxylation sites is 1. The van der Waals surface area contributed by atoms with Gasteiger partial charge in [0.25, 0.3) is 0 Å². The fourth-order valence-electron chi connectivity index (χ4n) is 2.92. The molecule has 24 heavy (non-hydrogen) atoms. The van der Waals surface area contributed by atoms with Gasteiger partial charge in [0, 0.05) is 25.0 Å². The van der Waals surface area contributed by atoms with Crippen molar-refractivity contribution in [3.05, 3.63) is 54.1 Å². The average molecular weight is 325 g/mol. The maximum atomic E-state index is 12.0. The topological polar surface area (TPSA) is 44.8 Å². The van der Waals surface area contributed by atoms with Gasteiger partial charge in [0.15, 0.2) is 0 Å². The summed E-state index contributed by atoms with van der Waals surface area (Å²) >= 11 is 0. The highest BCUT2D eigenvalue weighted by molar-refractivity contribution is 5.86. The van der Waals surface area contributed by atoms with Gasteiger partial charge in [-0.2, -0.15) is 0 Å². The zero-order valence-electron chi connectivity index (χ0n) is 14.3. The minimum Gasteiger partial charge on any atom is -0.410 e. The van der Waals surface area contributed by atoms with Gasteiger partial charge < -0.3 is 9.64 Å². The Hall–Kier alpha value is -2.53. The number of hydrogen-bond donors (Lipinski definition) is 1. The molecule has 0 radical (unpaired) electrons. The summed E-state index contributed by atoms with van der Waals surface area (Å²) in [5.41, 5.74) is 3.09. The van der Waals surface area contributed by atoms with E-state index in [1.807, 2.05) is 48.5 Å². The first kappa shape index (κ1) is 16.3. The fraction of sp³-hybridized carbons (Fsp3) is 0.316. The molecular formula is C19H23N3O2. The van der Waals surface area contributed by atoms with Crippen LogP contribution in [0.5, 0.6) is 5.75 Å². The van der Waals surface area contributed by atoms with Gasteiger partial charge in [0.05, 0.1) is 6.17 Å². The summed E-state index contributed by atoms with van der Waals surface area (Å²) in [6.45, 7) is 3.16. The standard InChI is InChI=1S/C19H23N3O2/c1-14-21(2)12-11-15-13-17(9-10-18(15)22(14)3)24-19(23)20-16-7-5-4-6-8-16/h4-10,13-14H,11-12H2,1-3H3,(H,20,23). The first-order valence-corrected chi connectivity index (χ1v) is 8.14. The van der Waals surface area contributed by atoms with Gasteiger partial charge in [-0.15, -0.1) is 0 Å². The lowest BCUT2D eigenvalue weighted by atomic mass is 10.1. The van der Waals surface area contributed by atoms with E-state index in [2.05, 4.69) is 36.1 Å². The van der Waals surface area contributed by atoms with E-state index in [9.17, 15) is 4.79 Å². The molecule has 0 aliphatic carbocycles. The van der Waals surface area contributed by atoms with Crippen LogP contribution in [-0.2, 0) is 6.42 Å². The lowest BCUT2D eigenvalue weighted by Crippen LogP contribution is -2.41. The molecule has 5 heteroatoms. The Bertz CT molecular complexity index is 718. The van der Waals surface area contributed by atoms with Gasteiger partial charge in [-0.3, -0.25) is 10.2 Å².